The molecule has 186 valence electrons. The van der Waals surface area contributed by atoms with Gasteiger partial charge in [0.05, 0.1) is 27.9 Å². The number of aliphatic hydroxyl groups is 1. The number of fused-ring (bicyclic) bond motifs is 1. The van der Waals surface area contributed by atoms with Gasteiger partial charge in [-0.25, -0.2) is 4.79 Å². The van der Waals surface area contributed by atoms with Gasteiger partial charge in [0.1, 0.15) is 17.1 Å². The molecule has 0 unspecified atom stereocenters. The fourth-order valence-electron chi connectivity index (χ4n) is 3.57. The maximum atomic E-state index is 13.0. The number of aliphatic hydroxyl groups excluding tert-OH is 1. The summed E-state index contributed by atoms with van der Waals surface area (Å²) in [5, 5.41) is 34.2. The number of carbonyl (C=O) groups is 2. The van der Waals surface area contributed by atoms with E-state index in [0.717, 1.165) is 42.2 Å². The summed E-state index contributed by atoms with van der Waals surface area (Å²) in [6.45, 7) is 3.70. The van der Waals surface area contributed by atoms with Crippen molar-refractivity contribution in [2.24, 2.45) is 5.92 Å². The van der Waals surface area contributed by atoms with Crippen molar-refractivity contribution in [3.8, 4) is 12.1 Å². The lowest BCUT2D eigenvalue weighted by molar-refractivity contribution is -0.139. The number of nitriles is 2. The minimum Gasteiger partial charge on any atom is -0.504 e. The second-order valence-electron chi connectivity index (χ2n) is 8.53. The van der Waals surface area contributed by atoms with E-state index in [9.17, 15) is 25.2 Å². The molecule has 1 aliphatic rings. The number of esters is 1. The average Bonchev–Trinajstić information content (AvgIpc) is 3.21. The van der Waals surface area contributed by atoms with Gasteiger partial charge in [0.15, 0.2) is 17.1 Å². The largest absolute Gasteiger partial charge is 0.504 e. The molecular formula is C26H23Cl2N3O4S. The molecule has 0 fully saturated rings. The highest BCUT2D eigenvalue weighted by Crippen LogP contribution is 2.39. The van der Waals surface area contributed by atoms with Crippen LogP contribution in [-0.2, 0) is 22.4 Å². The highest BCUT2D eigenvalue weighted by Gasteiger charge is 2.25. The molecule has 7 nitrogen and oxygen atoms in total. The Labute approximate surface area is 223 Å². The summed E-state index contributed by atoms with van der Waals surface area (Å²) in [4.78, 5) is 26.6. The molecule has 1 aromatic carbocycles. The van der Waals surface area contributed by atoms with E-state index >= 15 is 0 Å². The second-order valence-corrected chi connectivity index (χ2v) is 10.5. The lowest BCUT2D eigenvalue weighted by Gasteiger charge is -2.12. The Kier molecular flexibility index (Phi) is 9.17. The number of rotatable bonds is 8. The minimum absolute atomic E-state index is 0.0102. The summed E-state index contributed by atoms with van der Waals surface area (Å²) in [6.07, 6.45) is 4.58. The van der Waals surface area contributed by atoms with Crippen LogP contribution in [0.1, 0.15) is 53.1 Å². The molecule has 0 saturated heterocycles. The molecule has 0 bridgehead atoms. The third-order valence-corrected chi connectivity index (χ3v) is 7.31. The molecule has 0 saturated carbocycles. The van der Waals surface area contributed by atoms with Gasteiger partial charge in [-0.15, -0.1) is 11.3 Å². The first kappa shape index (κ1) is 27.3. The van der Waals surface area contributed by atoms with E-state index in [-0.39, 0.29) is 33.8 Å². The monoisotopic (exact) mass is 543 g/mol. The first-order valence-electron chi connectivity index (χ1n) is 11.2. The number of thiophene rings is 1. The van der Waals surface area contributed by atoms with Crippen LogP contribution in [0.5, 0.6) is 0 Å². The van der Waals surface area contributed by atoms with Gasteiger partial charge in [-0.05, 0) is 55.4 Å². The van der Waals surface area contributed by atoms with Gasteiger partial charge < -0.3 is 15.2 Å². The van der Waals surface area contributed by atoms with E-state index in [1.165, 1.54) is 29.5 Å². The molecule has 0 radical (unpaired) electrons. The van der Waals surface area contributed by atoms with Crippen LogP contribution in [-0.4, -0.2) is 23.5 Å². The zero-order valence-corrected chi connectivity index (χ0v) is 22.0. The second kappa shape index (κ2) is 12.1. The number of nitrogens with one attached hydrogen (secondary N) is 1. The number of hydrogen-bond donors (Lipinski definition) is 2. The van der Waals surface area contributed by atoms with Crippen LogP contribution in [0.4, 0.5) is 5.00 Å². The van der Waals surface area contributed by atoms with Crippen molar-refractivity contribution in [1.29, 1.82) is 10.5 Å². The quantitative estimate of drug-likeness (QED) is 0.0969. The predicted octanol–water partition coefficient (Wildman–Crippen LogP) is 6.52. The lowest BCUT2D eigenvalue weighted by atomic mass is 9.96. The first-order chi connectivity index (χ1) is 17.2. The maximum absolute atomic E-state index is 13.0. The molecule has 0 amide bonds. The molecule has 1 heterocycles. The van der Waals surface area contributed by atoms with Crippen LogP contribution in [0.15, 0.2) is 41.3 Å². The van der Waals surface area contributed by atoms with E-state index < -0.39 is 23.1 Å². The molecule has 36 heavy (non-hydrogen) atoms. The van der Waals surface area contributed by atoms with Crippen molar-refractivity contribution in [3.63, 3.8) is 0 Å². The average molecular weight is 544 g/mol. The van der Waals surface area contributed by atoms with Gasteiger partial charge in [-0.3, -0.25) is 4.79 Å². The predicted molar refractivity (Wildman–Crippen MR) is 139 cm³/mol. The topological polar surface area (TPSA) is 123 Å². The Morgan fingerprint density at radius 2 is 1.94 bits per heavy atom. The third kappa shape index (κ3) is 6.27. The standard InChI is InChI=1S/C26H23Cl2N3O4S/c1-14(2)13-35-26(34)18(12-30)24(33)21(10-22(32)15-7-8-19(27)20(28)9-15)31-25-17(11-29)16-5-3-4-6-23(16)36-25/h7-10,14,31,33H,3-6,13H2,1-2H3. The van der Waals surface area contributed by atoms with Gasteiger partial charge in [-0.1, -0.05) is 37.0 Å². The summed E-state index contributed by atoms with van der Waals surface area (Å²) in [7, 11) is 0. The Morgan fingerprint density at radius 1 is 1.22 bits per heavy atom. The van der Waals surface area contributed by atoms with Crippen LogP contribution in [0.25, 0.3) is 0 Å². The summed E-state index contributed by atoms with van der Waals surface area (Å²) < 4.78 is 5.11. The van der Waals surface area contributed by atoms with Gasteiger partial charge >= 0.3 is 5.97 Å². The Morgan fingerprint density at radius 3 is 2.58 bits per heavy atom. The highest BCUT2D eigenvalue weighted by atomic mass is 35.5. The number of carbonyl (C=O) groups excluding carboxylic acids is 2. The van der Waals surface area contributed by atoms with Crippen molar-refractivity contribution >= 4 is 51.3 Å². The van der Waals surface area contributed by atoms with Crippen LogP contribution in [0, 0.1) is 28.6 Å². The molecule has 0 atom stereocenters. The number of ether oxygens (including phenoxy) is 1. The molecule has 0 spiro atoms. The molecule has 10 heteroatoms. The number of ketones is 1. The van der Waals surface area contributed by atoms with E-state index in [0.29, 0.717) is 10.6 Å². The SMILES string of the molecule is CC(C)COC(=O)C(C#N)=C(O)C(=CC(=O)c1ccc(Cl)c(Cl)c1)Nc1sc2c(c1C#N)CCCC2. The zero-order chi connectivity index (χ0) is 26.4. The number of hydrogen-bond acceptors (Lipinski definition) is 8. The van der Waals surface area contributed by atoms with Gasteiger partial charge in [0.2, 0.25) is 0 Å². The van der Waals surface area contributed by atoms with E-state index in [1.807, 2.05) is 13.8 Å². The van der Waals surface area contributed by atoms with E-state index in [1.54, 1.807) is 6.07 Å². The van der Waals surface area contributed by atoms with Gasteiger partial charge in [0, 0.05) is 16.5 Å². The highest BCUT2D eigenvalue weighted by molar-refractivity contribution is 7.16. The summed E-state index contributed by atoms with van der Waals surface area (Å²) in [5.74, 6) is -2.36. The molecule has 2 N–H and O–H groups in total. The molecule has 1 aromatic heterocycles. The number of nitrogens with zero attached hydrogens (tertiary/aromatic N) is 2. The van der Waals surface area contributed by atoms with Crippen molar-refractivity contribution < 1.29 is 19.4 Å². The van der Waals surface area contributed by atoms with Crippen molar-refractivity contribution in [3.05, 3.63) is 72.9 Å². The third-order valence-electron chi connectivity index (χ3n) is 5.37. The fraction of sp³-hybridized carbons (Fsp3) is 0.308. The fourth-order valence-corrected chi connectivity index (χ4v) is 5.12. The smallest absolute Gasteiger partial charge is 0.352 e. The number of anilines is 1. The molecule has 1 aliphatic carbocycles. The Balaban J connectivity index is 2.09. The molecule has 3 rings (SSSR count). The van der Waals surface area contributed by atoms with Crippen LogP contribution >= 0.6 is 34.5 Å². The van der Waals surface area contributed by atoms with Crippen LogP contribution in [0.3, 0.4) is 0 Å². The lowest BCUT2D eigenvalue weighted by Crippen LogP contribution is -2.16. The number of aryl methyl sites for hydroxylation is 1. The Hall–Kier alpha value is -3.30. The van der Waals surface area contributed by atoms with Crippen molar-refractivity contribution in [2.75, 3.05) is 11.9 Å². The maximum Gasteiger partial charge on any atom is 0.352 e. The van der Waals surface area contributed by atoms with Gasteiger partial charge in [-0.2, -0.15) is 10.5 Å². The summed E-state index contributed by atoms with van der Waals surface area (Å²) >= 11 is 13.3. The molecule has 0 aliphatic heterocycles. The van der Waals surface area contributed by atoms with E-state index in [2.05, 4.69) is 11.4 Å². The zero-order valence-electron chi connectivity index (χ0n) is 19.7. The minimum atomic E-state index is -1.02. The Bertz CT molecular complexity index is 1350. The molecule has 2 aromatic rings. The van der Waals surface area contributed by atoms with Crippen LogP contribution in [0.2, 0.25) is 10.0 Å². The summed E-state index contributed by atoms with van der Waals surface area (Å²) in [5.41, 5.74) is 0.627. The number of halogens is 2. The normalized spacial score (nSPS) is 13.8. The van der Waals surface area contributed by atoms with Gasteiger partial charge in [0.25, 0.3) is 0 Å². The van der Waals surface area contributed by atoms with Crippen molar-refractivity contribution in [2.45, 2.75) is 39.5 Å². The number of benzene rings is 1. The first-order valence-corrected chi connectivity index (χ1v) is 12.8. The summed E-state index contributed by atoms with van der Waals surface area (Å²) in [6, 6.07) is 8.14. The van der Waals surface area contributed by atoms with E-state index in [4.69, 9.17) is 27.9 Å². The van der Waals surface area contributed by atoms with Crippen molar-refractivity contribution in [1.82, 2.24) is 0 Å². The molecular weight excluding hydrogens is 521 g/mol. The van der Waals surface area contributed by atoms with Crippen LogP contribution < -0.4 is 5.32 Å². The number of allylic oxidation sites excluding steroid dienone is 1.